The van der Waals surface area contributed by atoms with Crippen LogP contribution in [0.25, 0.3) is 0 Å². The summed E-state index contributed by atoms with van der Waals surface area (Å²) in [6.07, 6.45) is 5.10. The lowest BCUT2D eigenvalue weighted by molar-refractivity contribution is -0.193. The lowest BCUT2D eigenvalue weighted by Gasteiger charge is -2.37. The van der Waals surface area contributed by atoms with Crippen LogP contribution in [0.2, 0.25) is 0 Å². The fraction of sp³-hybridized carbons (Fsp3) is 0.727. The maximum Gasteiger partial charge on any atom is 0.395 e. The lowest BCUT2D eigenvalue weighted by Crippen LogP contribution is -2.44. The van der Waals surface area contributed by atoms with E-state index in [-0.39, 0.29) is 37.7 Å². The van der Waals surface area contributed by atoms with E-state index in [4.69, 9.17) is 14.7 Å². The summed E-state index contributed by atoms with van der Waals surface area (Å²) in [6, 6.07) is 3.82. The number of ether oxygens (including phenoxy) is 2. The minimum Gasteiger partial charge on any atom is -0.489 e. The molecule has 0 N–H and O–H groups in total. The van der Waals surface area contributed by atoms with Crippen molar-refractivity contribution in [1.29, 1.82) is 5.26 Å². The fourth-order valence-electron chi connectivity index (χ4n) is 4.62. The summed E-state index contributed by atoms with van der Waals surface area (Å²) in [5, 5.41) is 9.15. The molecular formula is C22H28F3N3O2. The van der Waals surface area contributed by atoms with Crippen molar-refractivity contribution in [3.63, 3.8) is 0 Å². The van der Waals surface area contributed by atoms with Gasteiger partial charge in [-0.15, -0.1) is 0 Å². The van der Waals surface area contributed by atoms with E-state index in [9.17, 15) is 13.2 Å². The molecule has 0 amide bonds. The highest BCUT2D eigenvalue weighted by molar-refractivity contribution is 5.40. The van der Waals surface area contributed by atoms with Gasteiger partial charge in [-0.2, -0.15) is 18.4 Å². The van der Waals surface area contributed by atoms with Crippen molar-refractivity contribution in [2.45, 2.75) is 75.9 Å². The molecule has 2 saturated carbocycles. The van der Waals surface area contributed by atoms with Gasteiger partial charge in [0.1, 0.15) is 17.4 Å². The van der Waals surface area contributed by atoms with E-state index in [0.29, 0.717) is 24.4 Å². The molecule has 1 aliphatic heterocycles. The molecule has 0 spiro atoms. The van der Waals surface area contributed by atoms with Gasteiger partial charge in [0.15, 0.2) is 0 Å². The number of aromatic nitrogens is 1. The number of piperidine rings is 1. The van der Waals surface area contributed by atoms with Crippen LogP contribution < -0.4 is 4.74 Å². The summed E-state index contributed by atoms with van der Waals surface area (Å²) in [6.45, 7) is 1.51. The van der Waals surface area contributed by atoms with Gasteiger partial charge in [-0.1, -0.05) is 0 Å². The average Bonchev–Trinajstić information content (AvgIpc) is 3.52. The highest BCUT2D eigenvalue weighted by atomic mass is 19.4. The normalized spacial score (nSPS) is 27.4. The van der Waals surface area contributed by atoms with Crippen LogP contribution in [-0.4, -0.2) is 54.0 Å². The number of likely N-dealkylation sites (tertiary alicyclic amines) is 1. The van der Waals surface area contributed by atoms with E-state index in [1.54, 1.807) is 12.3 Å². The Hall–Kier alpha value is -1.85. The first-order chi connectivity index (χ1) is 14.4. The first-order valence-corrected chi connectivity index (χ1v) is 10.8. The van der Waals surface area contributed by atoms with Gasteiger partial charge in [0, 0.05) is 32.0 Å². The minimum atomic E-state index is -4.08. The van der Waals surface area contributed by atoms with Crippen LogP contribution in [0.5, 0.6) is 5.75 Å². The molecule has 0 unspecified atom stereocenters. The number of rotatable bonds is 6. The number of hydrogen-bond acceptors (Lipinski definition) is 5. The monoisotopic (exact) mass is 423 g/mol. The first-order valence-electron chi connectivity index (χ1n) is 10.8. The van der Waals surface area contributed by atoms with Gasteiger partial charge in [0.2, 0.25) is 0 Å². The van der Waals surface area contributed by atoms with Gasteiger partial charge >= 0.3 is 6.18 Å². The summed E-state index contributed by atoms with van der Waals surface area (Å²) in [5.41, 5.74) is -1.000. The van der Waals surface area contributed by atoms with Crippen LogP contribution in [0.1, 0.15) is 56.9 Å². The number of pyridine rings is 1. The molecular weight excluding hydrogens is 395 g/mol. The Kier molecular flexibility index (Phi) is 6.21. The second-order valence-electron chi connectivity index (χ2n) is 8.89. The molecule has 0 bridgehead atoms. The molecule has 0 radical (unpaired) electrons. The molecule has 4 rings (SSSR count). The predicted molar refractivity (Wildman–Crippen MR) is 104 cm³/mol. The molecule has 3 aliphatic rings. The standard InChI is InChI=1S/C22H28F3N3O2/c23-22(24,25)21(8-9-21)15-28-11-6-19(7-12-28)29-17-1-3-18(4-2-17)30-20-5-10-27-14-16(20)13-26/h5,10,14,17-19H,1-4,6-9,11-12,15H2. The van der Waals surface area contributed by atoms with E-state index >= 15 is 0 Å². The molecule has 3 fully saturated rings. The predicted octanol–water partition coefficient (Wildman–Crippen LogP) is 4.47. The second kappa shape index (κ2) is 8.72. The Morgan fingerprint density at radius 2 is 1.70 bits per heavy atom. The zero-order valence-corrected chi connectivity index (χ0v) is 17.0. The SMILES string of the molecule is N#Cc1cnccc1OC1CCC(OC2CCN(CC3(C(F)(F)F)CC3)CC2)CC1. The quantitative estimate of drug-likeness (QED) is 0.676. The summed E-state index contributed by atoms with van der Waals surface area (Å²) in [7, 11) is 0. The van der Waals surface area contributed by atoms with Crippen molar-refractivity contribution >= 4 is 0 Å². The van der Waals surface area contributed by atoms with Gasteiger partial charge in [0.05, 0.1) is 23.7 Å². The molecule has 1 saturated heterocycles. The second-order valence-corrected chi connectivity index (χ2v) is 8.89. The van der Waals surface area contributed by atoms with Crippen molar-refractivity contribution in [3.05, 3.63) is 24.0 Å². The minimum absolute atomic E-state index is 0.0679. The third-order valence-corrected chi connectivity index (χ3v) is 6.72. The molecule has 2 aliphatic carbocycles. The van der Waals surface area contributed by atoms with Crippen LogP contribution >= 0.6 is 0 Å². The van der Waals surface area contributed by atoms with Crippen LogP contribution in [0.4, 0.5) is 13.2 Å². The number of nitrogens with zero attached hydrogens (tertiary/aromatic N) is 3. The summed E-state index contributed by atoms with van der Waals surface area (Å²) in [4.78, 5) is 5.91. The molecule has 1 aromatic heterocycles. The van der Waals surface area contributed by atoms with E-state index in [1.807, 2.05) is 4.90 Å². The Bertz CT molecular complexity index is 760. The third kappa shape index (κ3) is 4.89. The largest absolute Gasteiger partial charge is 0.489 e. The smallest absolute Gasteiger partial charge is 0.395 e. The third-order valence-electron chi connectivity index (χ3n) is 6.72. The molecule has 8 heteroatoms. The maximum absolute atomic E-state index is 13.2. The Labute approximate surface area is 175 Å². The van der Waals surface area contributed by atoms with Gasteiger partial charge in [-0.25, -0.2) is 0 Å². The van der Waals surface area contributed by atoms with Gasteiger partial charge < -0.3 is 14.4 Å². The lowest BCUT2D eigenvalue weighted by atomic mass is 9.94. The van der Waals surface area contributed by atoms with Crippen LogP contribution in [0.3, 0.4) is 0 Å². The number of halogens is 3. The molecule has 0 aromatic carbocycles. The number of nitriles is 1. The van der Waals surface area contributed by atoms with Crippen LogP contribution in [0.15, 0.2) is 18.5 Å². The molecule has 5 nitrogen and oxygen atoms in total. The van der Waals surface area contributed by atoms with E-state index in [1.165, 1.54) is 6.20 Å². The van der Waals surface area contributed by atoms with E-state index in [2.05, 4.69) is 11.1 Å². The highest BCUT2D eigenvalue weighted by Crippen LogP contribution is 2.58. The summed E-state index contributed by atoms with van der Waals surface area (Å²) < 4.78 is 51.8. The first kappa shape index (κ1) is 21.4. The van der Waals surface area contributed by atoms with Crippen molar-refractivity contribution in [1.82, 2.24) is 9.88 Å². The number of hydrogen-bond donors (Lipinski definition) is 0. The van der Waals surface area contributed by atoms with Crippen molar-refractivity contribution < 1.29 is 22.6 Å². The Balaban J connectivity index is 1.17. The zero-order chi connectivity index (χ0) is 21.2. The van der Waals surface area contributed by atoms with E-state index < -0.39 is 11.6 Å². The molecule has 2 heterocycles. The molecule has 0 atom stereocenters. The maximum atomic E-state index is 13.2. The Morgan fingerprint density at radius 3 is 2.30 bits per heavy atom. The molecule has 1 aromatic rings. The van der Waals surface area contributed by atoms with Crippen molar-refractivity contribution in [3.8, 4) is 11.8 Å². The van der Waals surface area contributed by atoms with Crippen LogP contribution in [0, 0.1) is 16.7 Å². The topological polar surface area (TPSA) is 58.4 Å². The van der Waals surface area contributed by atoms with Gasteiger partial charge in [-0.3, -0.25) is 4.98 Å². The number of alkyl halides is 3. The van der Waals surface area contributed by atoms with Gasteiger partial charge in [0.25, 0.3) is 0 Å². The molecule has 164 valence electrons. The average molecular weight is 423 g/mol. The summed E-state index contributed by atoms with van der Waals surface area (Å²) >= 11 is 0. The highest BCUT2D eigenvalue weighted by Gasteiger charge is 2.63. The summed E-state index contributed by atoms with van der Waals surface area (Å²) in [5.74, 6) is 0.580. The van der Waals surface area contributed by atoms with E-state index in [0.717, 1.165) is 38.5 Å². The molecule has 30 heavy (non-hydrogen) atoms. The Morgan fingerprint density at radius 1 is 1.07 bits per heavy atom. The van der Waals surface area contributed by atoms with Crippen LogP contribution in [-0.2, 0) is 4.74 Å². The van der Waals surface area contributed by atoms with Crippen molar-refractivity contribution in [2.24, 2.45) is 5.41 Å². The zero-order valence-electron chi connectivity index (χ0n) is 17.0. The van der Waals surface area contributed by atoms with Gasteiger partial charge in [-0.05, 0) is 57.4 Å². The van der Waals surface area contributed by atoms with Crippen molar-refractivity contribution in [2.75, 3.05) is 19.6 Å². The fourth-order valence-corrected chi connectivity index (χ4v) is 4.62.